The second-order valence-corrected chi connectivity index (χ2v) is 9.42. The van der Waals surface area contributed by atoms with Crippen molar-refractivity contribution in [3.8, 4) is 28.6 Å². The third-order valence-corrected chi connectivity index (χ3v) is 6.98. The number of halogens is 1. The number of aromatic nitrogens is 2. The van der Waals surface area contributed by atoms with E-state index in [-0.39, 0.29) is 33.4 Å². The highest BCUT2D eigenvalue weighted by atomic mass is 35.5. The van der Waals surface area contributed by atoms with Crippen molar-refractivity contribution in [2.24, 2.45) is 5.92 Å². The molecule has 0 saturated heterocycles. The van der Waals surface area contributed by atoms with Crippen molar-refractivity contribution in [3.63, 3.8) is 0 Å². The molecule has 5 rings (SSSR count). The summed E-state index contributed by atoms with van der Waals surface area (Å²) in [5.74, 6) is -0.469. The van der Waals surface area contributed by atoms with Gasteiger partial charge in [0.1, 0.15) is 27.9 Å². The van der Waals surface area contributed by atoms with Crippen LogP contribution in [0.2, 0.25) is 5.02 Å². The number of aromatic amines is 1. The Balaban J connectivity index is 1.46. The fourth-order valence-electron chi connectivity index (χ4n) is 4.86. The monoisotopic (exact) mass is 521 g/mol. The first-order chi connectivity index (χ1) is 17.7. The Morgan fingerprint density at radius 2 is 1.89 bits per heavy atom. The zero-order valence-corrected chi connectivity index (χ0v) is 21.4. The average Bonchev–Trinajstić information content (AvgIpc) is 3.17. The number of ketones is 2. The normalized spacial score (nSPS) is 20.4. The lowest BCUT2D eigenvalue weighted by molar-refractivity contribution is -0.129. The molecule has 9 nitrogen and oxygen atoms in total. The van der Waals surface area contributed by atoms with Crippen LogP contribution in [-0.2, 0) is 4.79 Å². The zero-order valence-electron chi connectivity index (χ0n) is 20.6. The van der Waals surface area contributed by atoms with Crippen molar-refractivity contribution in [2.45, 2.75) is 25.9 Å². The van der Waals surface area contributed by atoms with E-state index < -0.39 is 23.1 Å². The van der Waals surface area contributed by atoms with Crippen LogP contribution in [0.4, 0.5) is 5.69 Å². The summed E-state index contributed by atoms with van der Waals surface area (Å²) < 4.78 is 16.7. The molecule has 10 heteroatoms. The number of fused-ring (bicyclic) bond motifs is 1. The molecule has 2 heterocycles. The van der Waals surface area contributed by atoms with Crippen LogP contribution in [0.5, 0.6) is 17.2 Å². The van der Waals surface area contributed by atoms with Crippen molar-refractivity contribution in [1.82, 2.24) is 9.97 Å². The number of benzene rings is 2. The van der Waals surface area contributed by atoms with Gasteiger partial charge in [-0.05, 0) is 25.5 Å². The number of carbonyl (C=O) groups excluding carboxylic acids is 2. The summed E-state index contributed by atoms with van der Waals surface area (Å²) in [5.41, 5.74) is 0.771. The number of H-pyrrole nitrogens is 1. The minimum absolute atomic E-state index is 0.0835. The van der Waals surface area contributed by atoms with E-state index >= 15 is 0 Å². The Morgan fingerprint density at radius 1 is 1.14 bits per heavy atom. The van der Waals surface area contributed by atoms with Crippen LogP contribution >= 0.6 is 11.6 Å². The molecule has 0 unspecified atom stereocenters. The Morgan fingerprint density at radius 3 is 2.57 bits per heavy atom. The molecule has 2 atom stereocenters. The van der Waals surface area contributed by atoms with E-state index in [1.807, 2.05) is 24.3 Å². The number of anilines is 1. The third kappa shape index (κ3) is 3.95. The number of nitrogens with zero attached hydrogens (tertiary/aromatic N) is 1. The fraction of sp³-hybridized carbons (Fsp3) is 0.259. The van der Waals surface area contributed by atoms with Gasteiger partial charge in [-0.25, -0.2) is 4.98 Å². The number of nitrogens with one attached hydrogen (secondary N) is 2. The first-order valence-electron chi connectivity index (χ1n) is 11.6. The van der Waals surface area contributed by atoms with Crippen molar-refractivity contribution >= 4 is 28.9 Å². The number of carbonyl (C=O) groups is 2. The van der Waals surface area contributed by atoms with Crippen molar-refractivity contribution in [3.05, 3.63) is 74.8 Å². The van der Waals surface area contributed by atoms with E-state index in [1.165, 1.54) is 32.4 Å². The summed E-state index contributed by atoms with van der Waals surface area (Å²) in [4.78, 5) is 46.1. The van der Waals surface area contributed by atoms with Gasteiger partial charge in [0.05, 0.1) is 14.2 Å². The molecule has 2 aliphatic rings. The zero-order chi connectivity index (χ0) is 26.5. The van der Waals surface area contributed by atoms with Gasteiger partial charge in [0.2, 0.25) is 17.2 Å². The molecule has 0 fully saturated rings. The van der Waals surface area contributed by atoms with Gasteiger partial charge in [0.15, 0.2) is 5.75 Å². The lowest BCUT2D eigenvalue weighted by atomic mass is 9.74. The summed E-state index contributed by atoms with van der Waals surface area (Å²) in [6.07, 6.45) is 1.74. The number of methoxy groups -OCH3 is 2. The van der Waals surface area contributed by atoms with Gasteiger partial charge in [0.25, 0.3) is 5.56 Å². The molecule has 1 aromatic heterocycles. The molecule has 0 radical (unpaired) electrons. The van der Waals surface area contributed by atoms with E-state index in [1.54, 1.807) is 13.8 Å². The number of hydrogen-bond donors (Lipinski definition) is 2. The average molecular weight is 522 g/mol. The van der Waals surface area contributed by atoms with Crippen molar-refractivity contribution < 1.29 is 23.8 Å². The summed E-state index contributed by atoms with van der Waals surface area (Å²) >= 11 is 6.44. The van der Waals surface area contributed by atoms with Crippen LogP contribution in [0, 0.1) is 12.8 Å². The van der Waals surface area contributed by atoms with Crippen LogP contribution in [0.25, 0.3) is 11.4 Å². The molecular formula is C27H24ClN3O6. The fourth-order valence-corrected chi connectivity index (χ4v) is 5.13. The number of Topliss-reactive ketones (excluding diaryl/α,β-unsaturated/α-hetero) is 1. The molecule has 3 aromatic rings. The lowest BCUT2D eigenvalue weighted by Crippen LogP contribution is -2.55. The molecule has 2 aromatic carbocycles. The number of aryl methyl sites for hydroxylation is 1. The van der Waals surface area contributed by atoms with Crippen LogP contribution in [0.15, 0.2) is 53.0 Å². The predicted octanol–water partition coefficient (Wildman–Crippen LogP) is 4.33. The van der Waals surface area contributed by atoms with Gasteiger partial charge in [-0.1, -0.05) is 30.7 Å². The summed E-state index contributed by atoms with van der Waals surface area (Å²) in [6, 6.07) is 10.2. The molecule has 0 amide bonds. The number of hydrogen-bond acceptors (Lipinski definition) is 8. The molecule has 1 spiro atoms. The molecule has 37 heavy (non-hydrogen) atoms. The van der Waals surface area contributed by atoms with Gasteiger partial charge in [-0.2, -0.15) is 0 Å². The first-order valence-corrected chi connectivity index (χ1v) is 11.9. The smallest absolute Gasteiger partial charge is 0.251 e. The largest absolute Gasteiger partial charge is 0.496 e. The standard InChI is InChI=1S/C27H24ClN3O6/c1-13-8-17(30-16-7-5-6-15(10-16)26-29-14(2)9-21(33)31-26)11-20(32)27(13)25(34)22-18(35-3)12-19(36-4)23(28)24(22)37-27/h5-7,9-13,30H,8H2,1-4H3,(H,29,31,33)/t13-,27+/m1/s1. The SMILES string of the molecule is COc1cc(OC)c2c(c1Cl)O[C@@]1(C(=O)C=C(Nc3cccc(-c4nc(C)cc(=O)[nH]4)c3)C[C@H]1C)C2=O. The highest BCUT2D eigenvalue weighted by Gasteiger charge is 2.60. The van der Waals surface area contributed by atoms with Crippen LogP contribution in [0.3, 0.4) is 0 Å². The maximum Gasteiger partial charge on any atom is 0.251 e. The quantitative estimate of drug-likeness (QED) is 0.476. The number of rotatable bonds is 5. The van der Waals surface area contributed by atoms with E-state index in [2.05, 4.69) is 15.3 Å². The minimum atomic E-state index is -1.75. The molecule has 1 aliphatic heterocycles. The van der Waals surface area contributed by atoms with Gasteiger partial charge in [-0.15, -0.1) is 0 Å². The summed E-state index contributed by atoms with van der Waals surface area (Å²) in [6.45, 7) is 3.53. The Kier molecular flexibility index (Phi) is 6.03. The van der Waals surface area contributed by atoms with Gasteiger partial charge >= 0.3 is 0 Å². The number of ether oxygens (including phenoxy) is 3. The maximum absolute atomic E-state index is 13.6. The van der Waals surface area contributed by atoms with Crippen LogP contribution < -0.4 is 25.1 Å². The van der Waals surface area contributed by atoms with Crippen molar-refractivity contribution in [2.75, 3.05) is 19.5 Å². The molecular weight excluding hydrogens is 498 g/mol. The molecule has 1 aliphatic carbocycles. The third-order valence-electron chi connectivity index (χ3n) is 6.62. The van der Waals surface area contributed by atoms with Crippen molar-refractivity contribution in [1.29, 1.82) is 0 Å². The first kappa shape index (κ1) is 24.6. The second kappa shape index (κ2) is 9.08. The Labute approximate surface area is 217 Å². The lowest BCUT2D eigenvalue weighted by Gasteiger charge is -2.35. The highest BCUT2D eigenvalue weighted by molar-refractivity contribution is 6.36. The summed E-state index contributed by atoms with van der Waals surface area (Å²) in [5, 5.41) is 3.37. The maximum atomic E-state index is 13.6. The van der Waals surface area contributed by atoms with E-state index in [4.69, 9.17) is 25.8 Å². The molecule has 190 valence electrons. The molecule has 0 bridgehead atoms. The van der Waals surface area contributed by atoms with E-state index in [0.717, 1.165) is 0 Å². The molecule has 2 N–H and O–H groups in total. The van der Waals surface area contributed by atoms with E-state index in [0.29, 0.717) is 34.9 Å². The predicted molar refractivity (Wildman–Crippen MR) is 138 cm³/mol. The summed E-state index contributed by atoms with van der Waals surface area (Å²) in [7, 11) is 2.86. The Hall–Kier alpha value is -4.11. The number of allylic oxidation sites excluding steroid dienone is 1. The second-order valence-electron chi connectivity index (χ2n) is 9.05. The highest BCUT2D eigenvalue weighted by Crippen LogP contribution is 2.53. The van der Waals surface area contributed by atoms with Gasteiger partial charge in [0, 0.05) is 46.8 Å². The van der Waals surface area contributed by atoms with Crippen LogP contribution in [-0.4, -0.2) is 41.4 Å². The van der Waals surface area contributed by atoms with E-state index in [9.17, 15) is 14.4 Å². The van der Waals surface area contributed by atoms with Gasteiger partial charge < -0.3 is 24.5 Å². The molecule has 0 saturated carbocycles. The van der Waals surface area contributed by atoms with Gasteiger partial charge in [-0.3, -0.25) is 14.4 Å². The van der Waals surface area contributed by atoms with Crippen LogP contribution in [0.1, 0.15) is 29.4 Å². The minimum Gasteiger partial charge on any atom is -0.496 e. The Bertz CT molecular complexity index is 1550. The topological polar surface area (TPSA) is 120 Å².